The van der Waals surface area contributed by atoms with Crippen molar-refractivity contribution < 1.29 is 18.3 Å². The molecule has 1 saturated heterocycles. The highest BCUT2D eigenvalue weighted by Crippen LogP contribution is 2.30. The molecule has 8 heteroatoms. The van der Waals surface area contributed by atoms with E-state index in [0.717, 1.165) is 0 Å². The van der Waals surface area contributed by atoms with Gasteiger partial charge in [0.2, 0.25) is 0 Å². The van der Waals surface area contributed by atoms with Gasteiger partial charge in [-0.15, -0.1) is 0 Å². The van der Waals surface area contributed by atoms with Crippen LogP contribution in [0.1, 0.15) is 35.1 Å². The Hall–Kier alpha value is -2.09. The molecule has 2 aromatic rings. The van der Waals surface area contributed by atoms with Crippen molar-refractivity contribution in [2.75, 3.05) is 17.2 Å². The molecule has 3 N–H and O–H groups in total. The number of carboxylic acid groups (broad SMARTS) is 1. The van der Waals surface area contributed by atoms with E-state index in [1.54, 1.807) is 22.7 Å². The van der Waals surface area contributed by atoms with Crippen LogP contribution in [0.25, 0.3) is 5.52 Å². The second-order valence-electron chi connectivity index (χ2n) is 5.27. The van der Waals surface area contributed by atoms with Crippen LogP contribution < -0.4 is 5.73 Å². The third-order valence-corrected chi connectivity index (χ3v) is 5.52. The first-order valence-electron chi connectivity index (χ1n) is 6.58. The number of nitrogens with two attached hydrogens (primary N) is 1. The van der Waals surface area contributed by atoms with Crippen molar-refractivity contribution in [2.24, 2.45) is 0 Å². The number of aromatic carboxylic acids is 1. The van der Waals surface area contributed by atoms with Crippen molar-refractivity contribution in [1.29, 1.82) is 0 Å². The SMILES string of the molecule is Nc1ccc2c(C(=O)O)nc(C3CCS(=O)(=O)CC3)n2c1. The summed E-state index contributed by atoms with van der Waals surface area (Å²) in [7, 11) is -2.97. The molecular formula is C13H15N3O4S. The predicted octanol–water partition coefficient (Wildman–Crippen LogP) is 0.907. The predicted molar refractivity (Wildman–Crippen MR) is 77.2 cm³/mol. The Morgan fingerprint density at radius 1 is 1.33 bits per heavy atom. The monoisotopic (exact) mass is 309 g/mol. The Kier molecular flexibility index (Phi) is 3.12. The van der Waals surface area contributed by atoms with Crippen LogP contribution in [0, 0.1) is 0 Å². The first kappa shape index (κ1) is 13.9. The molecule has 7 nitrogen and oxygen atoms in total. The third kappa shape index (κ3) is 2.46. The molecule has 2 aromatic heterocycles. The number of imidazole rings is 1. The summed E-state index contributed by atoms with van der Waals surface area (Å²) in [6.07, 6.45) is 2.54. The van der Waals surface area contributed by atoms with E-state index in [1.165, 1.54) is 0 Å². The van der Waals surface area contributed by atoms with Gasteiger partial charge in [0.25, 0.3) is 0 Å². The van der Waals surface area contributed by atoms with Crippen molar-refractivity contribution in [3.8, 4) is 0 Å². The number of aromatic nitrogens is 2. The van der Waals surface area contributed by atoms with Crippen LogP contribution in [0.2, 0.25) is 0 Å². The average molecular weight is 309 g/mol. The lowest BCUT2D eigenvalue weighted by Gasteiger charge is -2.20. The standard InChI is InChI=1S/C13H15N3O4S/c14-9-1-2-10-11(13(17)18)15-12(16(10)7-9)8-3-5-21(19,20)6-4-8/h1-2,7-8H,3-6,14H2,(H,17,18). The zero-order chi connectivity index (χ0) is 15.2. The first-order chi connectivity index (χ1) is 9.87. The van der Waals surface area contributed by atoms with Crippen LogP contribution in [0.5, 0.6) is 0 Å². The number of fused-ring (bicyclic) bond motifs is 1. The van der Waals surface area contributed by atoms with Crippen molar-refractivity contribution in [2.45, 2.75) is 18.8 Å². The van der Waals surface area contributed by atoms with Gasteiger partial charge in [0.15, 0.2) is 5.69 Å². The summed E-state index contributed by atoms with van der Waals surface area (Å²) in [5.41, 5.74) is 6.70. The smallest absolute Gasteiger partial charge is 0.356 e. The van der Waals surface area contributed by atoms with Crippen LogP contribution in [0.3, 0.4) is 0 Å². The lowest BCUT2D eigenvalue weighted by Crippen LogP contribution is -2.23. The highest BCUT2D eigenvalue weighted by Gasteiger charge is 2.29. The van der Waals surface area contributed by atoms with Gasteiger partial charge in [-0.3, -0.25) is 0 Å². The van der Waals surface area contributed by atoms with E-state index in [2.05, 4.69) is 4.98 Å². The minimum Gasteiger partial charge on any atom is -0.476 e. The molecule has 0 spiro atoms. The minimum atomic E-state index is -2.97. The maximum absolute atomic E-state index is 11.5. The second-order valence-corrected chi connectivity index (χ2v) is 7.57. The zero-order valence-corrected chi connectivity index (χ0v) is 12.0. The molecule has 3 heterocycles. The molecule has 1 fully saturated rings. The van der Waals surface area contributed by atoms with Crippen molar-refractivity contribution in [3.05, 3.63) is 29.8 Å². The van der Waals surface area contributed by atoms with Crippen molar-refractivity contribution in [3.63, 3.8) is 0 Å². The molecular weight excluding hydrogens is 294 g/mol. The van der Waals surface area contributed by atoms with Gasteiger partial charge < -0.3 is 15.2 Å². The minimum absolute atomic E-state index is 0.0292. The van der Waals surface area contributed by atoms with E-state index >= 15 is 0 Å². The van der Waals surface area contributed by atoms with Crippen LogP contribution in [0.4, 0.5) is 5.69 Å². The molecule has 0 saturated carbocycles. The molecule has 0 radical (unpaired) electrons. The van der Waals surface area contributed by atoms with Gasteiger partial charge in [0, 0.05) is 17.8 Å². The van der Waals surface area contributed by atoms with Gasteiger partial charge in [-0.2, -0.15) is 0 Å². The van der Waals surface area contributed by atoms with Crippen LogP contribution in [-0.2, 0) is 9.84 Å². The summed E-state index contributed by atoms with van der Waals surface area (Å²) in [6.45, 7) is 0. The third-order valence-electron chi connectivity index (χ3n) is 3.81. The van der Waals surface area contributed by atoms with Gasteiger partial charge in [0.05, 0.1) is 17.0 Å². The van der Waals surface area contributed by atoms with Crippen molar-refractivity contribution in [1.82, 2.24) is 9.38 Å². The summed E-state index contributed by atoms with van der Waals surface area (Å²) < 4.78 is 24.7. The molecule has 112 valence electrons. The Bertz CT molecular complexity index is 811. The number of nitrogens with zero attached hydrogens (tertiary/aromatic N) is 2. The normalized spacial score (nSPS) is 18.9. The molecule has 0 aromatic carbocycles. The molecule has 1 aliphatic heterocycles. The number of hydrogen-bond acceptors (Lipinski definition) is 5. The fourth-order valence-corrected chi connectivity index (χ4v) is 4.21. The fraction of sp³-hybridized carbons (Fsp3) is 0.385. The number of sulfone groups is 1. The number of nitrogen functional groups attached to an aromatic ring is 1. The Labute approximate surface area is 121 Å². The van der Waals surface area contributed by atoms with Gasteiger partial charge in [-0.25, -0.2) is 18.2 Å². The highest BCUT2D eigenvalue weighted by molar-refractivity contribution is 7.91. The summed E-state index contributed by atoms with van der Waals surface area (Å²) in [4.78, 5) is 15.5. The Morgan fingerprint density at radius 2 is 2.00 bits per heavy atom. The molecule has 0 atom stereocenters. The van der Waals surface area contributed by atoms with E-state index in [0.29, 0.717) is 29.9 Å². The van der Waals surface area contributed by atoms with Crippen LogP contribution >= 0.6 is 0 Å². The highest BCUT2D eigenvalue weighted by atomic mass is 32.2. The lowest BCUT2D eigenvalue weighted by atomic mass is 10.0. The molecule has 0 amide bonds. The number of carbonyl (C=O) groups is 1. The average Bonchev–Trinajstić information content (AvgIpc) is 2.77. The van der Waals surface area contributed by atoms with Gasteiger partial charge in [-0.05, 0) is 25.0 Å². The van der Waals surface area contributed by atoms with Crippen molar-refractivity contribution >= 4 is 27.0 Å². The number of pyridine rings is 1. The van der Waals surface area contributed by atoms with E-state index in [9.17, 15) is 18.3 Å². The van der Waals surface area contributed by atoms with Gasteiger partial charge in [-0.1, -0.05) is 0 Å². The van der Waals surface area contributed by atoms with E-state index in [1.807, 2.05) is 0 Å². The number of rotatable bonds is 2. The summed E-state index contributed by atoms with van der Waals surface area (Å²) in [5, 5.41) is 9.24. The molecule has 1 aliphatic rings. The molecule has 0 aliphatic carbocycles. The number of carboxylic acids is 1. The number of hydrogen-bond donors (Lipinski definition) is 2. The van der Waals surface area contributed by atoms with Gasteiger partial charge in [0.1, 0.15) is 15.7 Å². The molecule has 0 bridgehead atoms. The molecule has 21 heavy (non-hydrogen) atoms. The molecule has 0 unspecified atom stereocenters. The van der Waals surface area contributed by atoms with E-state index in [-0.39, 0.29) is 23.1 Å². The Balaban J connectivity index is 2.10. The molecule has 3 rings (SSSR count). The quantitative estimate of drug-likeness (QED) is 0.852. The second kappa shape index (κ2) is 4.73. The Morgan fingerprint density at radius 3 is 2.62 bits per heavy atom. The number of anilines is 1. The van der Waals surface area contributed by atoms with E-state index in [4.69, 9.17) is 5.73 Å². The maximum Gasteiger partial charge on any atom is 0.356 e. The summed E-state index contributed by atoms with van der Waals surface area (Å²) in [6, 6.07) is 3.24. The van der Waals surface area contributed by atoms with E-state index < -0.39 is 15.8 Å². The largest absolute Gasteiger partial charge is 0.476 e. The van der Waals surface area contributed by atoms with Crippen LogP contribution in [0.15, 0.2) is 18.3 Å². The maximum atomic E-state index is 11.5. The summed E-state index contributed by atoms with van der Waals surface area (Å²) in [5.74, 6) is -0.387. The zero-order valence-electron chi connectivity index (χ0n) is 11.2. The lowest BCUT2D eigenvalue weighted by molar-refractivity contribution is 0.0693. The first-order valence-corrected chi connectivity index (χ1v) is 8.41. The topological polar surface area (TPSA) is 115 Å². The fourth-order valence-electron chi connectivity index (χ4n) is 2.72. The van der Waals surface area contributed by atoms with Gasteiger partial charge >= 0.3 is 5.97 Å². The summed E-state index contributed by atoms with van der Waals surface area (Å²) >= 11 is 0. The van der Waals surface area contributed by atoms with Crippen LogP contribution in [-0.4, -0.2) is 40.4 Å².